The van der Waals surface area contributed by atoms with Crippen LogP contribution in [0, 0.1) is 0 Å². The third-order valence-electron chi connectivity index (χ3n) is 4.37. The predicted octanol–water partition coefficient (Wildman–Crippen LogP) is 3.77. The summed E-state index contributed by atoms with van der Waals surface area (Å²) in [5.41, 5.74) is 1.30. The average molecular weight is 447 g/mol. The van der Waals surface area contributed by atoms with Gasteiger partial charge in [-0.25, -0.2) is 9.59 Å². The topological polar surface area (TPSA) is 86.7 Å². The number of thiol groups is 1. The molecule has 2 rings (SSSR count). The van der Waals surface area contributed by atoms with Crippen molar-refractivity contribution in [2.24, 2.45) is 0 Å². The molecule has 6 nitrogen and oxygen atoms in total. The molecular formula is C22H22O6S2. The molecule has 0 N–H and O–H groups in total. The molecule has 2 unspecified atom stereocenters. The van der Waals surface area contributed by atoms with Gasteiger partial charge in [-0.15, -0.1) is 11.8 Å². The first-order valence-electron chi connectivity index (χ1n) is 9.11. The second-order valence-electron chi connectivity index (χ2n) is 6.46. The van der Waals surface area contributed by atoms with Gasteiger partial charge in [-0.3, -0.25) is 9.59 Å². The van der Waals surface area contributed by atoms with Crippen LogP contribution in [-0.4, -0.2) is 42.0 Å². The molecule has 0 aliphatic carbocycles. The summed E-state index contributed by atoms with van der Waals surface area (Å²) in [6, 6.07) is 13.0. The third kappa shape index (κ3) is 6.21. The molecule has 0 aliphatic rings. The van der Waals surface area contributed by atoms with Crippen LogP contribution >= 0.6 is 24.4 Å². The fourth-order valence-electron chi connectivity index (χ4n) is 2.38. The van der Waals surface area contributed by atoms with E-state index in [9.17, 15) is 19.2 Å². The Balaban J connectivity index is 1.92. The molecule has 0 bridgehead atoms. The number of benzene rings is 2. The maximum Gasteiger partial charge on any atom is 0.380 e. The van der Waals surface area contributed by atoms with Crippen LogP contribution in [0.25, 0.3) is 0 Å². The van der Waals surface area contributed by atoms with Crippen molar-refractivity contribution in [1.29, 1.82) is 0 Å². The van der Waals surface area contributed by atoms with E-state index >= 15 is 0 Å². The fraction of sp³-hybridized carbons (Fsp3) is 0.273. The van der Waals surface area contributed by atoms with Crippen LogP contribution in [0.15, 0.2) is 53.4 Å². The third-order valence-corrected chi connectivity index (χ3v) is 5.48. The number of rotatable bonds is 9. The summed E-state index contributed by atoms with van der Waals surface area (Å²) in [5, 5.41) is 0. The molecule has 0 heterocycles. The molecule has 0 spiro atoms. The first-order valence-corrected chi connectivity index (χ1v) is 11.0. The zero-order valence-corrected chi connectivity index (χ0v) is 18.5. The molecule has 2 aromatic rings. The molecule has 2 atom stereocenters. The Hall–Kier alpha value is -2.58. The largest absolute Gasteiger partial charge is 0.453 e. The smallest absolute Gasteiger partial charge is 0.380 e. The highest BCUT2D eigenvalue weighted by molar-refractivity contribution is 7.98. The van der Waals surface area contributed by atoms with Gasteiger partial charge in [-0.05, 0) is 49.9 Å². The summed E-state index contributed by atoms with van der Waals surface area (Å²) in [6.07, 6.45) is 0.0566. The van der Waals surface area contributed by atoms with Gasteiger partial charge in [0.05, 0.1) is 0 Å². The van der Waals surface area contributed by atoms with E-state index in [2.05, 4.69) is 12.6 Å². The van der Waals surface area contributed by atoms with E-state index in [1.807, 2.05) is 6.26 Å². The van der Waals surface area contributed by atoms with Crippen molar-refractivity contribution >= 4 is 47.9 Å². The highest BCUT2D eigenvalue weighted by Gasteiger charge is 2.27. The van der Waals surface area contributed by atoms with Crippen molar-refractivity contribution in [2.75, 3.05) is 6.26 Å². The maximum absolute atomic E-state index is 12.2. The standard InChI is InChI=1S/C22H22O6S2/c1-13(27-21(25)19(23)16-6-4-15(12-29)5-7-16)14(2)28-22(26)20(24)17-8-10-18(30-3)11-9-17/h4-11,13-14,29H,12H2,1-3H3. The van der Waals surface area contributed by atoms with E-state index in [4.69, 9.17) is 9.47 Å². The molecule has 0 amide bonds. The number of carbonyl (C=O) groups is 4. The first-order chi connectivity index (χ1) is 14.3. The van der Waals surface area contributed by atoms with E-state index in [0.717, 1.165) is 10.5 Å². The summed E-state index contributed by atoms with van der Waals surface area (Å²) in [7, 11) is 0. The summed E-state index contributed by atoms with van der Waals surface area (Å²) in [4.78, 5) is 49.6. The summed E-state index contributed by atoms with van der Waals surface area (Å²) in [5.74, 6) is -3.22. The second-order valence-corrected chi connectivity index (χ2v) is 7.66. The highest BCUT2D eigenvalue weighted by atomic mass is 32.2. The Morgan fingerprint density at radius 2 is 1.20 bits per heavy atom. The van der Waals surface area contributed by atoms with Crippen molar-refractivity contribution in [3.05, 3.63) is 65.2 Å². The molecule has 0 radical (unpaired) electrons. The van der Waals surface area contributed by atoms with E-state index in [0.29, 0.717) is 5.75 Å². The van der Waals surface area contributed by atoms with Crippen molar-refractivity contribution in [2.45, 2.75) is 36.7 Å². The molecule has 158 valence electrons. The van der Waals surface area contributed by atoms with Crippen LogP contribution in [0.1, 0.15) is 40.1 Å². The minimum absolute atomic E-state index is 0.186. The van der Waals surface area contributed by atoms with Gasteiger partial charge in [0.25, 0.3) is 11.6 Å². The van der Waals surface area contributed by atoms with E-state index in [-0.39, 0.29) is 11.1 Å². The number of carbonyl (C=O) groups excluding carboxylic acids is 4. The molecule has 2 aromatic carbocycles. The van der Waals surface area contributed by atoms with Gasteiger partial charge < -0.3 is 9.47 Å². The number of thioether (sulfide) groups is 1. The molecule has 30 heavy (non-hydrogen) atoms. The van der Waals surface area contributed by atoms with Gasteiger partial charge in [0.15, 0.2) is 0 Å². The maximum atomic E-state index is 12.2. The molecule has 0 saturated heterocycles. The van der Waals surface area contributed by atoms with Crippen LogP contribution in [0.5, 0.6) is 0 Å². The SMILES string of the molecule is CSc1ccc(C(=O)C(=O)OC(C)C(C)OC(=O)C(=O)c2ccc(CS)cc2)cc1. The van der Waals surface area contributed by atoms with Gasteiger partial charge in [-0.2, -0.15) is 12.6 Å². The van der Waals surface area contributed by atoms with Crippen molar-refractivity contribution < 1.29 is 28.7 Å². The van der Waals surface area contributed by atoms with Gasteiger partial charge in [-0.1, -0.05) is 24.3 Å². The fourth-order valence-corrected chi connectivity index (χ4v) is 3.00. The lowest BCUT2D eigenvalue weighted by Gasteiger charge is -2.20. The van der Waals surface area contributed by atoms with Crippen LogP contribution in [0.3, 0.4) is 0 Å². The van der Waals surface area contributed by atoms with E-state index < -0.39 is 35.7 Å². The predicted molar refractivity (Wildman–Crippen MR) is 117 cm³/mol. The Morgan fingerprint density at radius 1 is 0.800 bits per heavy atom. The van der Waals surface area contributed by atoms with Crippen molar-refractivity contribution in [3.63, 3.8) is 0 Å². The van der Waals surface area contributed by atoms with E-state index in [1.165, 1.54) is 37.7 Å². The molecular weight excluding hydrogens is 424 g/mol. The normalized spacial score (nSPS) is 12.5. The lowest BCUT2D eigenvalue weighted by Crippen LogP contribution is -2.34. The van der Waals surface area contributed by atoms with Crippen molar-refractivity contribution in [3.8, 4) is 0 Å². The Kier molecular flexibility index (Phi) is 8.68. The zero-order chi connectivity index (χ0) is 22.3. The van der Waals surface area contributed by atoms with Crippen molar-refractivity contribution in [1.82, 2.24) is 0 Å². The number of hydrogen-bond acceptors (Lipinski definition) is 8. The van der Waals surface area contributed by atoms with Crippen LogP contribution in [0.4, 0.5) is 0 Å². The monoisotopic (exact) mass is 446 g/mol. The number of Topliss-reactive ketones (excluding diaryl/α,β-unsaturated/α-hetero) is 2. The number of esters is 2. The number of ketones is 2. The molecule has 0 saturated carbocycles. The summed E-state index contributed by atoms with van der Waals surface area (Å²) in [6.45, 7) is 2.96. The number of ether oxygens (including phenoxy) is 2. The lowest BCUT2D eigenvalue weighted by atomic mass is 10.1. The highest BCUT2D eigenvalue weighted by Crippen LogP contribution is 2.16. The van der Waals surface area contributed by atoms with Gasteiger partial charge >= 0.3 is 11.9 Å². The molecule has 0 aliphatic heterocycles. The Labute approximate surface area is 184 Å². The van der Waals surface area contributed by atoms with Crippen LogP contribution in [0.2, 0.25) is 0 Å². The Bertz CT molecular complexity index is 844. The zero-order valence-electron chi connectivity index (χ0n) is 16.8. The minimum atomic E-state index is -1.07. The first kappa shape index (κ1) is 23.7. The lowest BCUT2D eigenvalue weighted by molar-refractivity contribution is -0.158. The molecule has 0 aromatic heterocycles. The Morgan fingerprint density at radius 3 is 1.57 bits per heavy atom. The van der Waals surface area contributed by atoms with Gasteiger partial charge in [0.1, 0.15) is 12.2 Å². The summed E-state index contributed by atoms with van der Waals surface area (Å²) < 4.78 is 10.2. The molecule has 8 heteroatoms. The van der Waals surface area contributed by atoms with Gasteiger partial charge in [0, 0.05) is 21.8 Å². The average Bonchev–Trinajstić information content (AvgIpc) is 2.77. The summed E-state index contributed by atoms with van der Waals surface area (Å²) >= 11 is 5.65. The second kappa shape index (κ2) is 11.0. The number of hydrogen-bond donors (Lipinski definition) is 1. The van der Waals surface area contributed by atoms with E-state index in [1.54, 1.807) is 36.4 Å². The van der Waals surface area contributed by atoms with Crippen LogP contribution < -0.4 is 0 Å². The quantitative estimate of drug-likeness (QED) is 0.206. The van der Waals surface area contributed by atoms with Gasteiger partial charge in [0.2, 0.25) is 0 Å². The minimum Gasteiger partial charge on any atom is -0.453 e. The molecule has 0 fully saturated rings. The van der Waals surface area contributed by atoms with Crippen LogP contribution in [-0.2, 0) is 24.8 Å².